The monoisotopic (exact) mass is 389 g/mol. The van der Waals surface area contributed by atoms with E-state index in [0.717, 1.165) is 43.9 Å². The van der Waals surface area contributed by atoms with Gasteiger partial charge in [-0.05, 0) is 43.0 Å². The van der Waals surface area contributed by atoms with Crippen molar-refractivity contribution in [3.8, 4) is 0 Å². The highest BCUT2D eigenvalue weighted by atomic mass is 16.2. The van der Waals surface area contributed by atoms with Crippen molar-refractivity contribution >= 4 is 17.4 Å². The lowest BCUT2D eigenvalue weighted by atomic mass is 9.96. The van der Waals surface area contributed by atoms with Gasteiger partial charge in [0, 0.05) is 43.3 Å². The summed E-state index contributed by atoms with van der Waals surface area (Å²) in [6, 6.07) is 12.4. The van der Waals surface area contributed by atoms with Gasteiger partial charge in [-0.2, -0.15) is 0 Å². The molecule has 2 aromatic rings. The first-order valence-electron chi connectivity index (χ1n) is 10.6. The van der Waals surface area contributed by atoms with Crippen LogP contribution in [-0.4, -0.2) is 46.3 Å². The second kappa shape index (κ2) is 7.59. The van der Waals surface area contributed by atoms with Crippen molar-refractivity contribution in [3.05, 3.63) is 59.9 Å². The average molecular weight is 390 g/mol. The van der Waals surface area contributed by atoms with Gasteiger partial charge < -0.3 is 10.2 Å². The molecule has 2 N–H and O–H groups in total. The summed E-state index contributed by atoms with van der Waals surface area (Å²) in [6.07, 6.45) is 9.03. The summed E-state index contributed by atoms with van der Waals surface area (Å²) in [7, 11) is 0. The van der Waals surface area contributed by atoms with Crippen molar-refractivity contribution < 1.29 is 4.79 Å². The Kier molecular flexibility index (Phi) is 4.79. The maximum atomic E-state index is 13.0. The maximum Gasteiger partial charge on any atom is 0.254 e. The molecule has 6 heteroatoms. The topological polar surface area (TPSA) is 69.6 Å². The quantitative estimate of drug-likeness (QED) is 0.827. The van der Waals surface area contributed by atoms with Crippen molar-refractivity contribution in [2.75, 3.05) is 18.4 Å². The molecule has 0 unspecified atom stereocenters. The summed E-state index contributed by atoms with van der Waals surface area (Å²) in [6.45, 7) is 2.11. The number of amidine groups is 1. The van der Waals surface area contributed by atoms with Crippen LogP contribution in [0.2, 0.25) is 0 Å². The van der Waals surface area contributed by atoms with E-state index in [2.05, 4.69) is 39.9 Å². The molecular formula is C23H27N5O. The van der Waals surface area contributed by atoms with Gasteiger partial charge in [-0.15, -0.1) is 0 Å². The number of aliphatic imine (C=N–C) groups is 1. The van der Waals surface area contributed by atoms with Crippen LogP contribution in [0, 0.1) is 0 Å². The second-order valence-electron chi connectivity index (χ2n) is 8.35. The number of likely N-dealkylation sites (tertiary alicyclic amines) is 1. The normalized spacial score (nSPS) is 25.8. The van der Waals surface area contributed by atoms with Crippen molar-refractivity contribution in [2.45, 2.75) is 50.2 Å². The Balaban J connectivity index is 1.46. The molecule has 1 saturated heterocycles. The fourth-order valence-electron chi connectivity index (χ4n) is 4.76. The average Bonchev–Trinajstić information content (AvgIpc) is 3.40. The number of aromatic nitrogens is 1. The molecule has 1 aromatic heterocycles. The van der Waals surface area contributed by atoms with Crippen LogP contribution in [0.3, 0.4) is 0 Å². The number of fused-ring (bicyclic) bond motifs is 1. The molecule has 1 aromatic carbocycles. The van der Waals surface area contributed by atoms with E-state index in [-0.39, 0.29) is 11.4 Å². The van der Waals surface area contributed by atoms with Crippen LogP contribution in [-0.2, 0) is 6.54 Å². The minimum absolute atomic E-state index is 0.0630. The minimum atomic E-state index is -0.329. The molecule has 1 aliphatic carbocycles. The predicted octanol–water partition coefficient (Wildman–Crippen LogP) is 3.22. The number of hydrogen-bond acceptors (Lipinski definition) is 4. The second-order valence-corrected chi connectivity index (χ2v) is 8.35. The summed E-state index contributed by atoms with van der Waals surface area (Å²) in [4.78, 5) is 24.2. The van der Waals surface area contributed by atoms with Gasteiger partial charge in [-0.3, -0.25) is 20.1 Å². The lowest BCUT2D eigenvalue weighted by Crippen LogP contribution is -2.55. The molecule has 1 saturated carbocycles. The lowest BCUT2D eigenvalue weighted by molar-refractivity contribution is 0.0785. The van der Waals surface area contributed by atoms with Gasteiger partial charge in [0.2, 0.25) is 0 Å². The smallest absolute Gasteiger partial charge is 0.254 e. The van der Waals surface area contributed by atoms with Crippen LogP contribution in [0.1, 0.15) is 48.0 Å². The number of amides is 1. The third-order valence-corrected chi connectivity index (χ3v) is 6.46. The van der Waals surface area contributed by atoms with Gasteiger partial charge in [0.05, 0.1) is 11.6 Å². The zero-order valence-electron chi connectivity index (χ0n) is 16.6. The number of nitrogens with zero attached hydrogens (tertiary/aromatic N) is 3. The van der Waals surface area contributed by atoms with Crippen molar-refractivity contribution in [3.63, 3.8) is 0 Å². The number of rotatable bonds is 2. The highest BCUT2D eigenvalue weighted by molar-refractivity contribution is 6.05. The highest BCUT2D eigenvalue weighted by Crippen LogP contribution is 2.32. The number of carbonyl (C=O) groups excluding carboxylic acids is 1. The summed E-state index contributed by atoms with van der Waals surface area (Å²) in [5, 5.41) is 7.43. The summed E-state index contributed by atoms with van der Waals surface area (Å²) >= 11 is 0. The molecule has 3 heterocycles. The molecule has 150 valence electrons. The molecule has 0 radical (unpaired) electrons. The van der Waals surface area contributed by atoms with E-state index in [1.54, 1.807) is 24.5 Å². The van der Waals surface area contributed by atoms with E-state index in [1.165, 1.54) is 18.4 Å². The van der Waals surface area contributed by atoms with E-state index in [1.807, 2.05) is 4.90 Å². The molecule has 2 fully saturated rings. The molecule has 1 amide bonds. The molecule has 3 aliphatic rings. The van der Waals surface area contributed by atoms with Crippen molar-refractivity contribution in [1.82, 2.24) is 15.2 Å². The number of anilines is 1. The van der Waals surface area contributed by atoms with Crippen LogP contribution in [0.4, 0.5) is 5.69 Å². The molecule has 29 heavy (non-hydrogen) atoms. The van der Waals surface area contributed by atoms with Crippen LogP contribution in [0.5, 0.6) is 0 Å². The van der Waals surface area contributed by atoms with Gasteiger partial charge in [0.1, 0.15) is 5.84 Å². The zero-order chi connectivity index (χ0) is 19.7. The number of para-hydroxylation sites is 1. The first-order chi connectivity index (χ1) is 14.2. The number of benzene rings is 1. The zero-order valence-corrected chi connectivity index (χ0v) is 16.6. The number of nitrogens with one attached hydrogen (secondary N) is 2. The van der Waals surface area contributed by atoms with Gasteiger partial charge in [-0.25, -0.2) is 0 Å². The fraction of sp³-hybridized carbons (Fsp3) is 0.435. The fourth-order valence-corrected chi connectivity index (χ4v) is 4.76. The van der Waals surface area contributed by atoms with E-state index < -0.39 is 0 Å². The lowest BCUT2D eigenvalue weighted by Gasteiger charge is -2.31. The first kappa shape index (κ1) is 18.3. The molecular weight excluding hydrogens is 362 g/mol. The molecule has 1 atom stereocenters. The molecule has 5 rings (SSSR count). The van der Waals surface area contributed by atoms with E-state index in [4.69, 9.17) is 4.99 Å². The van der Waals surface area contributed by atoms with Crippen molar-refractivity contribution in [1.29, 1.82) is 0 Å². The first-order valence-corrected chi connectivity index (χ1v) is 10.6. The summed E-state index contributed by atoms with van der Waals surface area (Å²) in [5.74, 6) is 1.06. The van der Waals surface area contributed by atoms with E-state index in [9.17, 15) is 4.79 Å². The molecule has 1 spiro atoms. The Labute approximate surface area is 171 Å². The summed E-state index contributed by atoms with van der Waals surface area (Å²) < 4.78 is 0. The maximum absolute atomic E-state index is 13.0. The van der Waals surface area contributed by atoms with Crippen LogP contribution < -0.4 is 10.6 Å². The largest absolute Gasteiger partial charge is 0.342 e. The van der Waals surface area contributed by atoms with Crippen molar-refractivity contribution in [2.24, 2.45) is 4.99 Å². The number of carbonyl (C=O) groups is 1. The SMILES string of the molecule is O=C(c1ccncc1)N1CC[C@]2(C1)NCc1ccccc1NC2=NC1CCCC1. The number of pyridine rings is 1. The minimum Gasteiger partial charge on any atom is -0.342 e. The Morgan fingerprint density at radius 1 is 1.14 bits per heavy atom. The third-order valence-electron chi connectivity index (χ3n) is 6.46. The Hall–Kier alpha value is -2.73. The highest BCUT2D eigenvalue weighted by Gasteiger charge is 2.45. The Bertz CT molecular complexity index is 922. The third kappa shape index (κ3) is 3.53. The molecule has 6 nitrogen and oxygen atoms in total. The van der Waals surface area contributed by atoms with Gasteiger partial charge >= 0.3 is 0 Å². The molecule has 0 bridgehead atoms. The Morgan fingerprint density at radius 3 is 2.76 bits per heavy atom. The van der Waals surface area contributed by atoms with Crippen LogP contribution in [0.25, 0.3) is 0 Å². The standard InChI is InChI=1S/C23H27N5O/c29-21(17-9-12-24-13-10-17)28-14-11-23(16-28)22(26-19-6-2-3-7-19)27-20-8-4-1-5-18(20)15-25-23/h1,4-5,8-10,12-13,19,25H,2-3,6-7,11,14-16H2,(H,26,27)/t23-/m1/s1. The molecule has 2 aliphatic heterocycles. The Morgan fingerprint density at radius 2 is 1.93 bits per heavy atom. The predicted molar refractivity (Wildman–Crippen MR) is 114 cm³/mol. The summed E-state index contributed by atoms with van der Waals surface area (Å²) in [5.41, 5.74) is 2.72. The van der Waals surface area contributed by atoms with E-state index >= 15 is 0 Å². The van der Waals surface area contributed by atoms with Crippen LogP contribution >= 0.6 is 0 Å². The van der Waals surface area contributed by atoms with Crippen LogP contribution in [0.15, 0.2) is 53.8 Å². The van der Waals surface area contributed by atoms with E-state index in [0.29, 0.717) is 18.2 Å². The van der Waals surface area contributed by atoms with Gasteiger partial charge in [-0.1, -0.05) is 31.0 Å². The van der Waals surface area contributed by atoms with Gasteiger partial charge in [0.25, 0.3) is 5.91 Å². The van der Waals surface area contributed by atoms with Gasteiger partial charge in [0.15, 0.2) is 0 Å². The number of hydrogen-bond donors (Lipinski definition) is 2.